The summed E-state index contributed by atoms with van der Waals surface area (Å²) < 4.78 is 12.3. The summed E-state index contributed by atoms with van der Waals surface area (Å²) in [6.07, 6.45) is 9.85. The smallest absolute Gasteiger partial charge is 0.302 e. The largest absolute Gasteiger partial charge is 0.448 e. The van der Waals surface area contributed by atoms with Crippen LogP contribution in [0.1, 0.15) is 66.8 Å². The van der Waals surface area contributed by atoms with Gasteiger partial charge in [0.15, 0.2) is 11.5 Å². The van der Waals surface area contributed by atoms with Crippen LogP contribution in [-0.2, 0) is 9.59 Å². The van der Waals surface area contributed by atoms with Crippen LogP contribution in [0.2, 0.25) is 0 Å². The molecule has 3 fully saturated rings. The average molecular weight is 735 g/mol. The Labute approximate surface area is 316 Å². The number of pyridine rings is 2. The first kappa shape index (κ1) is 33.2. The first-order valence-corrected chi connectivity index (χ1v) is 18.8. The van der Waals surface area contributed by atoms with Crippen LogP contribution in [0.3, 0.4) is 0 Å². The van der Waals surface area contributed by atoms with Crippen molar-refractivity contribution >= 4 is 52.0 Å². The molecule has 0 radical (unpaired) electrons. The van der Waals surface area contributed by atoms with E-state index in [1.54, 1.807) is 24.8 Å². The first-order chi connectivity index (χ1) is 27.0. The Kier molecular flexibility index (Phi) is 8.11. The lowest BCUT2D eigenvalue weighted by atomic mass is 9.69. The highest BCUT2D eigenvalue weighted by Gasteiger charge is 2.47. The number of rotatable bonds is 5. The Morgan fingerprint density at radius 3 is 2.65 bits per heavy atom. The van der Waals surface area contributed by atoms with Gasteiger partial charge in [-0.25, -0.2) is 9.98 Å². The quantitative estimate of drug-likeness (QED) is 0.209. The molecule has 2 saturated carbocycles. The molecule has 276 valence electrons. The van der Waals surface area contributed by atoms with Gasteiger partial charge in [-0.15, -0.1) is 0 Å². The molecule has 1 saturated heterocycles. The van der Waals surface area contributed by atoms with Gasteiger partial charge < -0.3 is 24.7 Å². The third-order valence-corrected chi connectivity index (χ3v) is 11.4. The number of para-hydroxylation sites is 2. The van der Waals surface area contributed by atoms with E-state index >= 15 is 0 Å². The summed E-state index contributed by atoms with van der Waals surface area (Å²) in [5.74, 6) is 0.915. The van der Waals surface area contributed by atoms with Crippen LogP contribution in [0, 0.1) is 11.8 Å². The number of guanidine groups is 2. The topological polar surface area (TPSA) is 172 Å². The Morgan fingerprint density at radius 2 is 1.80 bits per heavy atom. The zero-order valence-electron chi connectivity index (χ0n) is 30.0. The number of aromatic nitrogens is 3. The van der Waals surface area contributed by atoms with E-state index in [4.69, 9.17) is 29.1 Å². The van der Waals surface area contributed by atoms with E-state index in [2.05, 4.69) is 25.9 Å². The maximum atomic E-state index is 14.6. The summed E-state index contributed by atoms with van der Waals surface area (Å²) in [7, 11) is 1.96. The molecular formula is C41H38N10O4. The molecule has 3 aliphatic heterocycles. The Balaban J connectivity index is 0.903. The van der Waals surface area contributed by atoms with Crippen molar-refractivity contribution in [3.05, 3.63) is 108 Å². The second-order valence-electron chi connectivity index (χ2n) is 14.7. The number of nitrogens with zero attached hydrogens (tertiary/aromatic N) is 7. The van der Waals surface area contributed by atoms with Gasteiger partial charge in [0.05, 0.1) is 29.6 Å². The molecule has 6 heterocycles. The zero-order chi connectivity index (χ0) is 37.0. The van der Waals surface area contributed by atoms with Gasteiger partial charge in [0, 0.05) is 55.9 Å². The number of ether oxygens (including phenoxy) is 1. The van der Waals surface area contributed by atoms with Crippen molar-refractivity contribution in [3.63, 3.8) is 0 Å². The number of benzene rings is 2. The predicted octanol–water partition coefficient (Wildman–Crippen LogP) is 5.48. The van der Waals surface area contributed by atoms with Crippen molar-refractivity contribution in [2.24, 2.45) is 26.8 Å². The second kappa shape index (κ2) is 13.4. The maximum absolute atomic E-state index is 14.6. The highest BCUT2D eigenvalue weighted by Crippen LogP contribution is 2.43. The van der Waals surface area contributed by atoms with Gasteiger partial charge in [-0.3, -0.25) is 24.9 Å². The molecule has 2 aliphatic carbocycles. The van der Waals surface area contributed by atoms with Gasteiger partial charge in [-0.2, -0.15) is 9.98 Å². The summed E-state index contributed by atoms with van der Waals surface area (Å²) in [6, 6.07) is 20.7. The molecule has 0 amide bonds. The molecule has 14 heteroatoms. The fourth-order valence-electron chi connectivity index (χ4n) is 8.75. The van der Waals surface area contributed by atoms with Crippen molar-refractivity contribution in [2.45, 2.75) is 62.5 Å². The molecule has 3 aromatic heterocycles. The number of hydrogen-bond acceptors (Lipinski definition) is 12. The highest BCUT2D eigenvalue weighted by atomic mass is 16.5. The third kappa shape index (κ3) is 5.97. The minimum absolute atomic E-state index is 0.130. The van der Waals surface area contributed by atoms with Gasteiger partial charge in [0.25, 0.3) is 6.35 Å². The molecule has 0 spiro atoms. The molecule has 0 bridgehead atoms. The summed E-state index contributed by atoms with van der Waals surface area (Å²) in [4.78, 5) is 57.4. The fourth-order valence-corrected chi connectivity index (χ4v) is 8.75. The van der Waals surface area contributed by atoms with Gasteiger partial charge in [0.1, 0.15) is 22.8 Å². The average Bonchev–Trinajstić information content (AvgIpc) is 3.76. The number of aliphatic imine (C=N–C) groups is 3. The molecular weight excluding hydrogens is 697 g/mol. The first-order valence-electron chi connectivity index (χ1n) is 18.8. The van der Waals surface area contributed by atoms with E-state index < -0.39 is 18.3 Å². The SMILES string of the molecule is CN1c2ccccc2OC1N=C1NC2CCC(c3ccc4oc(NC5=NC(c6cccnc6)C6C(=O)CCCC6=N5)nc4c3)C(=O)C2C(c2ccncc2)N1. The fraction of sp³-hybridized carbons (Fsp3) is 0.317. The van der Waals surface area contributed by atoms with E-state index in [1.165, 1.54) is 0 Å². The van der Waals surface area contributed by atoms with Crippen LogP contribution in [0.5, 0.6) is 5.75 Å². The number of carbonyl (C=O) groups is 2. The standard InChI is InChI=1S/C41H38N10O4/c1-51-29-8-2-3-10-32(29)55-41(51)50-39-45-27-13-12-25(37(53)34(27)35(47-39)22-15-18-42-19-16-22)23-11-14-31-28(20-23)46-40(54-31)49-38-44-26-7-4-9-30(52)33(26)36(48-38)24-6-5-17-43-21-24/h2-3,5-6,8,10-11,14-21,25,27,33-36,41H,4,7,9,12-13H2,1H3,(H2,45,47,50)(H,46,48,49). The van der Waals surface area contributed by atoms with Gasteiger partial charge in [0.2, 0.25) is 5.96 Å². The van der Waals surface area contributed by atoms with E-state index in [9.17, 15) is 9.59 Å². The van der Waals surface area contributed by atoms with Crippen molar-refractivity contribution in [1.82, 2.24) is 25.6 Å². The zero-order valence-corrected chi connectivity index (χ0v) is 30.0. The van der Waals surface area contributed by atoms with Gasteiger partial charge >= 0.3 is 6.01 Å². The summed E-state index contributed by atoms with van der Waals surface area (Å²) in [5.41, 5.74) is 5.69. The Hall–Kier alpha value is -6.44. The number of carbonyl (C=O) groups excluding carboxylic acids is 2. The number of ketones is 2. The number of Topliss-reactive ketones (excluding diaryl/α,β-unsaturated/α-hetero) is 2. The molecule has 14 nitrogen and oxygen atoms in total. The van der Waals surface area contributed by atoms with Crippen molar-refractivity contribution in [1.29, 1.82) is 0 Å². The van der Waals surface area contributed by atoms with E-state index in [1.807, 2.05) is 78.7 Å². The van der Waals surface area contributed by atoms with E-state index in [-0.39, 0.29) is 41.5 Å². The lowest BCUT2D eigenvalue weighted by Crippen LogP contribution is -2.62. The summed E-state index contributed by atoms with van der Waals surface area (Å²) in [5, 5.41) is 10.3. The van der Waals surface area contributed by atoms with Gasteiger partial charge in [-0.1, -0.05) is 24.3 Å². The number of nitrogens with one attached hydrogen (secondary N) is 3. The van der Waals surface area contributed by atoms with Crippen LogP contribution in [0.25, 0.3) is 11.1 Å². The van der Waals surface area contributed by atoms with Crippen LogP contribution < -0.4 is 25.6 Å². The number of hydrogen-bond donors (Lipinski definition) is 3. The highest BCUT2D eigenvalue weighted by molar-refractivity contribution is 6.14. The normalized spacial score (nSPS) is 27.9. The number of anilines is 2. The monoisotopic (exact) mass is 734 g/mol. The van der Waals surface area contributed by atoms with E-state index in [0.717, 1.165) is 53.1 Å². The lowest BCUT2D eigenvalue weighted by molar-refractivity contribution is -0.128. The molecule has 10 rings (SSSR count). The predicted molar refractivity (Wildman–Crippen MR) is 206 cm³/mol. The molecule has 7 atom stereocenters. The van der Waals surface area contributed by atoms with Crippen LogP contribution in [0.15, 0.2) is 111 Å². The molecule has 7 unspecified atom stereocenters. The van der Waals surface area contributed by atoms with Crippen LogP contribution >= 0.6 is 0 Å². The molecule has 5 aliphatic rings. The van der Waals surface area contributed by atoms with Crippen molar-refractivity contribution in [3.8, 4) is 5.75 Å². The molecule has 2 aromatic carbocycles. The second-order valence-corrected chi connectivity index (χ2v) is 14.7. The molecule has 5 aromatic rings. The number of oxazole rings is 1. The Bertz CT molecular complexity index is 2400. The molecule has 55 heavy (non-hydrogen) atoms. The van der Waals surface area contributed by atoms with Crippen molar-refractivity contribution in [2.75, 3.05) is 17.3 Å². The van der Waals surface area contributed by atoms with Crippen molar-refractivity contribution < 1.29 is 18.7 Å². The van der Waals surface area contributed by atoms with Crippen LogP contribution in [0.4, 0.5) is 11.7 Å². The van der Waals surface area contributed by atoms with E-state index in [0.29, 0.717) is 35.9 Å². The summed E-state index contributed by atoms with van der Waals surface area (Å²) >= 11 is 0. The van der Waals surface area contributed by atoms with Crippen LogP contribution in [-0.4, -0.2) is 63.6 Å². The summed E-state index contributed by atoms with van der Waals surface area (Å²) in [6.45, 7) is 0. The lowest BCUT2D eigenvalue weighted by Gasteiger charge is -2.45. The maximum Gasteiger partial charge on any atom is 0.302 e. The van der Waals surface area contributed by atoms with Gasteiger partial charge in [-0.05, 0) is 84.8 Å². The Morgan fingerprint density at radius 1 is 0.909 bits per heavy atom. The minimum Gasteiger partial charge on any atom is -0.448 e. The molecule has 3 N–H and O–H groups in total. The number of fused-ring (bicyclic) bond motifs is 4. The third-order valence-electron chi connectivity index (χ3n) is 11.4. The minimum atomic E-state index is -0.545.